The van der Waals surface area contributed by atoms with Crippen molar-refractivity contribution >= 4 is 11.6 Å². The van der Waals surface area contributed by atoms with Gasteiger partial charge in [-0.15, -0.1) is 0 Å². The number of ketones is 2. The standard InChI is InChI=1S/C17H22O3/c1-9(2)14-11(4)16(18)15(17(14)19)13-7-6-12(20-5)8-10(13)3/h6-9,11,14-15H,1-5H3. The average molecular weight is 274 g/mol. The topological polar surface area (TPSA) is 43.4 Å². The van der Waals surface area contributed by atoms with Gasteiger partial charge >= 0.3 is 0 Å². The van der Waals surface area contributed by atoms with Crippen molar-refractivity contribution in [3.8, 4) is 5.75 Å². The number of aryl methyl sites for hydroxylation is 1. The molecule has 0 radical (unpaired) electrons. The van der Waals surface area contributed by atoms with Crippen LogP contribution in [0.15, 0.2) is 18.2 Å². The number of ether oxygens (including phenoxy) is 1. The van der Waals surface area contributed by atoms with Crippen LogP contribution in [0.3, 0.4) is 0 Å². The van der Waals surface area contributed by atoms with Crippen molar-refractivity contribution in [2.24, 2.45) is 17.8 Å². The molecule has 1 aliphatic rings. The van der Waals surface area contributed by atoms with Crippen molar-refractivity contribution in [2.45, 2.75) is 33.6 Å². The fraction of sp³-hybridized carbons (Fsp3) is 0.529. The molecule has 3 heteroatoms. The van der Waals surface area contributed by atoms with Crippen molar-refractivity contribution < 1.29 is 14.3 Å². The second-order valence-corrected chi connectivity index (χ2v) is 6.02. The summed E-state index contributed by atoms with van der Waals surface area (Å²) in [7, 11) is 1.61. The lowest BCUT2D eigenvalue weighted by Gasteiger charge is -2.16. The van der Waals surface area contributed by atoms with E-state index in [1.54, 1.807) is 7.11 Å². The Morgan fingerprint density at radius 2 is 1.80 bits per heavy atom. The van der Waals surface area contributed by atoms with Crippen LogP contribution in [0, 0.1) is 24.7 Å². The van der Waals surface area contributed by atoms with Crippen LogP contribution in [0.5, 0.6) is 5.75 Å². The van der Waals surface area contributed by atoms with E-state index in [-0.39, 0.29) is 29.3 Å². The van der Waals surface area contributed by atoms with E-state index in [9.17, 15) is 9.59 Å². The van der Waals surface area contributed by atoms with Crippen LogP contribution >= 0.6 is 0 Å². The quantitative estimate of drug-likeness (QED) is 0.795. The molecule has 0 amide bonds. The fourth-order valence-electron chi connectivity index (χ4n) is 3.33. The van der Waals surface area contributed by atoms with Gasteiger partial charge in [-0.25, -0.2) is 0 Å². The Labute approximate surface area is 120 Å². The Kier molecular flexibility index (Phi) is 3.98. The minimum absolute atomic E-state index is 0.0574. The predicted molar refractivity (Wildman–Crippen MR) is 78.0 cm³/mol. The zero-order valence-corrected chi connectivity index (χ0v) is 12.8. The molecule has 0 spiro atoms. The van der Waals surface area contributed by atoms with Crippen LogP contribution < -0.4 is 4.74 Å². The first-order valence-electron chi connectivity index (χ1n) is 7.10. The van der Waals surface area contributed by atoms with Crippen LogP contribution in [0.1, 0.15) is 37.8 Å². The molecule has 108 valence electrons. The normalized spacial score (nSPS) is 26.4. The number of methoxy groups -OCH3 is 1. The predicted octanol–water partition coefficient (Wildman–Crippen LogP) is 3.15. The monoisotopic (exact) mass is 274 g/mol. The molecule has 1 saturated carbocycles. The summed E-state index contributed by atoms with van der Waals surface area (Å²) < 4.78 is 5.18. The van der Waals surface area contributed by atoms with E-state index in [1.807, 2.05) is 45.9 Å². The summed E-state index contributed by atoms with van der Waals surface area (Å²) in [5.74, 6) is 0.140. The minimum atomic E-state index is -0.594. The van der Waals surface area contributed by atoms with Gasteiger partial charge in [0.2, 0.25) is 0 Å². The first-order chi connectivity index (χ1) is 9.38. The molecular weight excluding hydrogens is 252 g/mol. The number of carbonyl (C=O) groups is 2. The second-order valence-electron chi connectivity index (χ2n) is 6.02. The zero-order valence-electron chi connectivity index (χ0n) is 12.8. The SMILES string of the molecule is COc1ccc(C2C(=O)C(C)C(C(C)C)C2=O)c(C)c1. The van der Waals surface area contributed by atoms with E-state index in [2.05, 4.69) is 0 Å². The molecule has 1 fully saturated rings. The molecule has 1 aromatic rings. The lowest BCUT2D eigenvalue weighted by atomic mass is 9.86. The molecule has 3 unspecified atom stereocenters. The highest BCUT2D eigenvalue weighted by Crippen LogP contribution is 2.41. The van der Waals surface area contributed by atoms with Crippen LogP contribution in [0.2, 0.25) is 0 Å². The van der Waals surface area contributed by atoms with Crippen LogP contribution in [-0.2, 0) is 9.59 Å². The molecule has 20 heavy (non-hydrogen) atoms. The molecular formula is C17H22O3. The smallest absolute Gasteiger partial charge is 0.151 e. The number of Topliss-reactive ketones (excluding diaryl/α,β-unsaturated/α-hetero) is 2. The lowest BCUT2D eigenvalue weighted by Crippen LogP contribution is -2.21. The van der Waals surface area contributed by atoms with Crippen molar-refractivity contribution in [1.29, 1.82) is 0 Å². The van der Waals surface area contributed by atoms with E-state index in [0.717, 1.165) is 16.9 Å². The molecule has 0 aliphatic heterocycles. The van der Waals surface area contributed by atoms with Gasteiger partial charge in [0.15, 0.2) is 11.6 Å². The van der Waals surface area contributed by atoms with Crippen molar-refractivity contribution in [1.82, 2.24) is 0 Å². The van der Waals surface area contributed by atoms with Gasteiger partial charge in [0.25, 0.3) is 0 Å². The summed E-state index contributed by atoms with van der Waals surface area (Å²) in [4.78, 5) is 25.1. The molecule has 0 aromatic heterocycles. The zero-order chi connectivity index (χ0) is 15.0. The molecule has 0 saturated heterocycles. The first-order valence-corrected chi connectivity index (χ1v) is 7.10. The van der Waals surface area contributed by atoms with Gasteiger partial charge in [-0.1, -0.05) is 26.8 Å². The summed E-state index contributed by atoms with van der Waals surface area (Å²) in [5.41, 5.74) is 1.77. The van der Waals surface area contributed by atoms with Crippen molar-refractivity contribution in [3.05, 3.63) is 29.3 Å². The Morgan fingerprint density at radius 1 is 1.15 bits per heavy atom. The van der Waals surface area contributed by atoms with Gasteiger partial charge in [0.1, 0.15) is 11.7 Å². The number of hydrogen-bond donors (Lipinski definition) is 0. The second kappa shape index (κ2) is 5.39. The van der Waals surface area contributed by atoms with Crippen molar-refractivity contribution in [3.63, 3.8) is 0 Å². The maximum Gasteiger partial charge on any atom is 0.151 e. The van der Waals surface area contributed by atoms with E-state index in [1.165, 1.54) is 0 Å². The average Bonchev–Trinajstić information content (AvgIpc) is 2.61. The Bertz CT molecular complexity index is 545. The number of carbonyl (C=O) groups excluding carboxylic acids is 2. The first kappa shape index (κ1) is 14.8. The maximum atomic E-state index is 12.6. The van der Waals surface area contributed by atoms with Gasteiger partial charge in [0.05, 0.1) is 7.11 Å². The Hall–Kier alpha value is -1.64. The molecule has 2 rings (SSSR count). The number of benzene rings is 1. The lowest BCUT2D eigenvalue weighted by molar-refractivity contribution is -0.125. The summed E-state index contributed by atoms with van der Waals surface area (Å²) in [6.07, 6.45) is 0. The van der Waals surface area contributed by atoms with Crippen LogP contribution in [0.4, 0.5) is 0 Å². The van der Waals surface area contributed by atoms with E-state index >= 15 is 0 Å². The number of rotatable bonds is 3. The molecule has 1 aromatic carbocycles. The van der Waals surface area contributed by atoms with Gasteiger partial charge in [-0.3, -0.25) is 9.59 Å². The third-order valence-electron chi connectivity index (χ3n) is 4.39. The Balaban J connectivity index is 2.43. The molecule has 3 nitrogen and oxygen atoms in total. The molecule has 0 heterocycles. The third-order valence-corrected chi connectivity index (χ3v) is 4.39. The highest BCUT2D eigenvalue weighted by molar-refractivity contribution is 6.15. The highest BCUT2D eigenvalue weighted by atomic mass is 16.5. The molecule has 1 aliphatic carbocycles. The van der Waals surface area contributed by atoms with Gasteiger partial charge in [0, 0.05) is 11.8 Å². The van der Waals surface area contributed by atoms with Gasteiger partial charge < -0.3 is 4.74 Å². The van der Waals surface area contributed by atoms with Gasteiger partial charge in [-0.05, 0) is 36.1 Å². The third kappa shape index (κ3) is 2.26. The molecule has 0 bridgehead atoms. The van der Waals surface area contributed by atoms with E-state index in [4.69, 9.17) is 4.74 Å². The summed E-state index contributed by atoms with van der Waals surface area (Å²) >= 11 is 0. The van der Waals surface area contributed by atoms with Crippen molar-refractivity contribution in [2.75, 3.05) is 7.11 Å². The molecule has 3 atom stereocenters. The largest absolute Gasteiger partial charge is 0.497 e. The highest BCUT2D eigenvalue weighted by Gasteiger charge is 2.48. The summed E-state index contributed by atoms with van der Waals surface area (Å²) in [5, 5.41) is 0. The minimum Gasteiger partial charge on any atom is -0.497 e. The summed E-state index contributed by atoms with van der Waals surface area (Å²) in [6, 6.07) is 5.55. The summed E-state index contributed by atoms with van der Waals surface area (Å²) in [6.45, 7) is 7.82. The van der Waals surface area contributed by atoms with E-state index < -0.39 is 5.92 Å². The maximum absolute atomic E-state index is 12.6. The number of hydrogen-bond acceptors (Lipinski definition) is 3. The van der Waals surface area contributed by atoms with Crippen LogP contribution in [0.25, 0.3) is 0 Å². The van der Waals surface area contributed by atoms with E-state index in [0.29, 0.717) is 0 Å². The molecule has 0 N–H and O–H groups in total. The fourth-order valence-corrected chi connectivity index (χ4v) is 3.33. The Morgan fingerprint density at radius 3 is 2.25 bits per heavy atom. The van der Waals surface area contributed by atoms with Gasteiger partial charge in [-0.2, -0.15) is 0 Å². The van der Waals surface area contributed by atoms with Crippen LogP contribution in [-0.4, -0.2) is 18.7 Å².